The molecule has 9 heteroatoms. The third-order valence-corrected chi connectivity index (χ3v) is 8.75. The molecule has 0 saturated carbocycles. The van der Waals surface area contributed by atoms with Gasteiger partial charge in [0.25, 0.3) is 5.91 Å². The number of anilines is 2. The van der Waals surface area contributed by atoms with Crippen LogP contribution in [0.15, 0.2) is 24.3 Å². The number of phenols is 1. The van der Waals surface area contributed by atoms with Crippen LogP contribution >= 0.6 is 0 Å². The molecule has 0 spiro atoms. The van der Waals surface area contributed by atoms with Gasteiger partial charge in [0, 0.05) is 30.0 Å². The van der Waals surface area contributed by atoms with Crippen LogP contribution in [0, 0.1) is 11.2 Å². The molecule has 0 aliphatic carbocycles. The van der Waals surface area contributed by atoms with Crippen LogP contribution < -0.4 is 19.9 Å². The molecule has 1 amide bonds. The number of aromatic nitrogens is 2. The van der Waals surface area contributed by atoms with Crippen molar-refractivity contribution in [2.24, 2.45) is 5.41 Å². The van der Waals surface area contributed by atoms with Crippen LogP contribution in [0.5, 0.6) is 11.8 Å². The molecule has 3 aromatic rings. The number of hydrogen-bond donors (Lipinski definition) is 2. The van der Waals surface area contributed by atoms with E-state index in [-0.39, 0.29) is 29.4 Å². The molecule has 212 valence electrons. The number of halogens is 1. The number of carbonyl (C=O) groups excluding carboxylic acids is 1. The highest BCUT2D eigenvalue weighted by atomic mass is 19.1. The summed E-state index contributed by atoms with van der Waals surface area (Å²) in [6.45, 7) is 8.41. The lowest BCUT2D eigenvalue weighted by atomic mass is 9.82. The Bertz CT molecular complexity index is 1430. The smallest absolute Gasteiger partial charge is 0.318 e. The number of piperidine rings is 1. The fourth-order valence-electron chi connectivity index (χ4n) is 6.38. The third kappa shape index (κ3) is 4.96. The van der Waals surface area contributed by atoms with Crippen molar-refractivity contribution in [3.63, 3.8) is 0 Å². The van der Waals surface area contributed by atoms with Gasteiger partial charge in [0.2, 0.25) is 0 Å². The van der Waals surface area contributed by atoms with Crippen LogP contribution in [0.1, 0.15) is 74.0 Å². The van der Waals surface area contributed by atoms with E-state index in [1.54, 1.807) is 23.1 Å². The lowest BCUT2D eigenvalue weighted by Crippen LogP contribution is -2.38. The Hall–Kier alpha value is -3.46. The Morgan fingerprint density at radius 2 is 1.85 bits per heavy atom. The van der Waals surface area contributed by atoms with Crippen LogP contribution in [0.2, 0.25) is 0 Å². The van der Waals surface area contributed by atoms with Crippen molar-refractivity contribution < 1.29 is 19.0 Å². The van der Waals surface area contributed by atoms with Crippen molar-refractivity contribution in [3.8, 4) is 11.8 Å². The van der Waals surface area contributed by atoms with Gasteiger partial charge in [-0.25, -0.2) is 4.39 Å². The molecule has 2 aromatic carbocycles. The quantitative estimate of drug-likeness (QED) is 0.430. The maximum atomic E-state index is 14.9. The second-order valence-corrected chi connectivity index (χ2v) is 11.7. The molecule has 6 rings (SSSR count). The summed E-state index contributed by atoms with van der Waals surface area (Å²) >= 11 is 0. The first kappa shape index (κ1) is 26.7. The van der Waals surface area contributed by atoms with Crippen molar-refractivity contribution in [1.82, 2.24) is 15.3 Å². The lowest BCUT2D eigenvalue weighted by Gasteiger charge is -2.33. The Morgan fingerprint density at radius 1 is 1.10 bits per heavy atom. The minimum atomic E-state index is -0.321. The Morgan fingerprint density at radius 3 is 2.58 bits per heavy atom. The SMILES string of the molecule is CCc1c(F)ccc2cc(O)cc(N3Cc4nc(OCC5(C)CCNCC5)nc(N5CCCCCC5)c4C3=O)c12. The number of rotatable bonds is 6. The number of carbonyl (C=O) groups is 1. The van der Waals surface area contributed by atoms with Crippen LogP contribution in [-0.2, 0) is 13.0 Å². The summed E-state index contributed by atoms with van der Waals surface area (Å²) in [7, 11) is 0. The molecule has 4 heterocycles. The zero-order chi connectivity index (χ0) is 27.9. The molecule has 40 heavy (non-hydrogen) atoms. The molecule has 0 unspecified atom stereocenters. The Kier molecular flexibility index (Phi) is 7.25. The van der Waals surface area contributed by atoms with Gasteiger partial charge in [0.15, 0.2) is 0 Å². The van der Waals surface area contributed by atoms with Crippen LogP contribution in [-0.4, -0.2) is 53.8 Å². The Balaban J connectivity index is 1.42. The van der Waals surface area contributed by atoms with Crippen molar-refractivity contribution >= 4 is 28.2 Å². The average molecular weight is 548 g/mol. The molecule has 3 aliphatic heterocycles. The van der Waals surface area contributed by atoms with E-state index in [4.69, 9.17) is 14.7 Å². The monoisotopic (exact) mass is 547 g/mol. The lowest BCUT2D eigenvalue weighted by molar-refractivity contribution is 0.0996. The Labute approximate surface area is 234 Å². The number of fused-ring (bicyclic) bond motifs is 2. The number of ether oxygens (including phenoxy) is 1. The van der Waals surface area contributed by atoms with Gasteiger partial charge >= 0.3 is 6.01 Å². The van der Waals surface area contributed by atoms with Gasteiger partial charge in [-0.05, 0) is 68.3 Å². The fourth-order valence-corrected chi connectivity index (χ4v) is 6.38. The zero-order valence-corrected chi connectivity index (χ0v) is 23.4. The normalized spacial score (nSPS) is 19.1. The van der Waals surface area contributed by atoms with E-state index in [0.717, 1.165) is 64.7 Å². The van der Waals surface area contributed by atoms with Gasteiger partial charge in [-0.1, -0.05) is 32.8 Å². The number of nitrogens with one attached hydrogen (secondary N) is 1. The van der Waals surface area contributed by atoms with E-state index < -0.39 is 0 Å². The average Bonchev–Trinajstić information content (AvgIpc) is 3.10. The summed E-state index contributed by atoms with van der Waals surface area (Å²) in [5, 5.41) is 15.3. The highest BCUT2D eigenvalue weighted by Gasteiger charge is 2.38. The molecule has 1 aromatic heterocycles. The van der Waals surface area contributed by atoms with E-state index in [9.17, 15) is 14.3 Å². The largest absolute Gasteiger partial charge is 0.508 e. The van der Waals surface area contributed by atoms with Crippen molar-refractivity contribution in [3.05, 3.63) is 46.9 Å². The number of aryl methyl sites for hydroxylation is 1. The topological polar surface area (TPSA) is 90.8 Å². The van der Waals surface area contributed by atoms with Gasteiger partial charge in [0.1, 0.15) is 22.9 Å². The number of nitrogens with zero attached hydrogens (tertiary/aromatic N) is 4. The van der Waals surface area contributed by atoms with Gasteiger partial charge < -0.3 is 25.0 Å². The maximum absolute atomic E-state index is 14.9. The van der Waals surface area contributed by atoms with E-state index >= 15 is 0 Å². The fraction of sp³-hybridized carbons (Fsp3) is 0.516. The summed E-state index contributed by atoms with van der Waals surface area (Å²) in [5.74, 6) is 0.0942. The maximum Gasteiger partial charge on any atom is 0.318 e. The van der Waals surface area contributed by atoms with E-state index in [2.05, 4.69) is 17.1 Å². The number of aromatic hydroxyl groups is 1. The first-order valence-corrected chi connectivity index (χ1v) is 14.6. The number of hydrogen-bond acceptors (Lipinski definition) is 7. The molecule has 8 nitrogen and oxygen atoms in total. The predicted molar refractivity (Wildman–Crippen MR) is 154 cm³/mol. The van der Waals surface area contributed by atoms with Gasteiger partial charge in [-0.15, -0.1) is 0 Å². The summed E-state index contributed by atoms with van der Waals surface area (Å²) in [4.78, 5) is 27.6. The minimum absolute atomic E-state index is 0.0259. The third-order valence-electron chi connectivity index (χ3n) is 8.75. The standard InChI is InChI=1S/C31H38FN5O3/c1-3-22-23(32)9-8-20-16-21(38)17-25(26(20)22)37-18-24-27(29(37)39)28(36-14-6-4-5-7-15-36)35-30(34-24)40-19-31(2)10-12-33-13-11-31/h8-9,16-17,33,38H,3-7,10-15,18-19H2,1-2H3. The van der Waals surface area contributed by atoms with E-state index in [1.165, 1.54) is 6.07 Å². The molecular formula is C31H38FN5O3. The summed E-state index contributed by atoms with van der Waals surface area (Å²) in [6, 6.07) is 6.53. The second-order valence-electron chi connectivity index (χ2n) is 11.7. The summed E-state index contributed by atoms with van der Waals surface area (Å²) in [6.07, 6.45) is 6.87. The number of amides is 1. The van der Waals surface area contributed by atoms with Crippen molar-refractivity contribution in [2.45, 2.75) is 65.3 Å². The van der Waals surface area contributed by atoms with Crippen LogP contribution in [0.25, 0.3) is 10.8 Å². The van der Waals surface area contributed by atoms with E-state index in [0.29, 0.717) is 58.1 Å². The van der Waals surface area contributed by atoms with Crippen molar-refractivity contribution in [1.29, 1.82) is 0 Å². The number of phenolic OH excluding ortho intramolecular Hbond substituents is 1. The van der Waals surface area contributed by atoms with Crippen LogP contribution in [0.4, 0.5) is 15.9 Å². The highest BCUT2D eigenvalue weighted by Crippen LogP contribution is 2.41. The highest BCUT2D eigenvalue weighted by molar-refractivity contribution is 6.16. The molecule has 2 N–H and O–H groups in total. The molecule has 2 saturated heterocycles. The van der Waals surface area contributed by atoms with Gasteiger partial charge in [-0.3, -0.25) is 4.79 Å². The number of benzene rings is 2. The van der Waals surface area contributed by atoms with Crippen LogP contribution in [0.3, 0.4) is 0 Å². The second kappa shape index (κ2) is 10.8. The molecule has 0 bridgehead atoms. The predicted octanol–water partition coefficient (Wildman–Crippen LogP) is 5.35. The van der Waals surface area contributed by atoms with Gasteiger partial charge in [0.05, 0.1) is 24.5 Å². The molecule has 2 fully saturated rings. The summed E-state index contributed by atoms with van der Waals surface area (Å²) in [5.41, 5.74) is 2.14. The van der Waals surface area contributed by atoms with Crippen molar-refractivity contribution in [2.75, 3.05) is 42.6 Å². The zero-order valence-electron chi connectivity index (χ0n) is 23.4. The summed E-state index contributed by atoms with van der Waals surface area (Å²) < 4.78 is 21.2. The molecular weight excluding hydrogens is 509 g/mol. The van der Waals surface area contributed by atoms with E-state index in [1.807, 2.05) is 6.92 Å². The first-order chi connectivity index (χ1) is 19.4. The minimum Gasteiger partial charge on any atom is -0.508 e. The molecule has 0 atom stereocenters. The molecule has 3 aliphatic rings. The van der Waals surface area contributed by atoms with Gasteiger partial charge in [-0.2, -0.15) is 9.97 Å². The molecule has 0 radical (unpaired) electrons. The first-order valence-electron chi connectivity index (χ1n) is 14.6.